The Hall–Kier alpha value is -0.370. The monoisotopic (exact) mass is 237 g/mol. The largest absolute Gasteiger partial charge is 0.300 e. The van der Waals surface area contributed by atoms with E-state index in [0.29, 0.717) is 11.7 Å². The second kappa shape index (κ2) is 5.09. The summed E-state index contributed by atoms with van der Waals surface area (Å²) in [6, 6.07) is 0.799. The van der Waals surface area contributed by atoms with Crippen molar-refractivity contribution >= 4 is 5.78 Å². The summed E-state index contributed by atoms with van der Waals surface area (Å²) in [4.78, 5) is 15.0. The summed E-state index contributed by atoms with van der Waals surface area (Å²) in [5, 5.41) is 0. The number of hydrogen-bond acceptors (Lipinski definition) is 2. The van der Waals surface area contributed by atoms with Gasteiger partial charge in [-0.05, 0) is 38.6 Å². The molecule has 0 aliphatic heterocycles. The average Bonchev–Trinajstić information content (AvgIpc) is 3.07. The highest BCUT2D eigenvalue weighted by Gasteiger charge is 2.39. The van der Waals surface area contributed by atoms with Crippen LogP contribution in [0.25, 0.3) is 0 Å². The van der Waals surface area contributed by atoms with Gasteiger partial charge in [-0.1, -0.05) is 27.2 Å². The Morgan fingerprint density at radius 2 is 2.00 bits per heavy atom. The van der Waals surface area contributed by atoms with Gasteiger partial charge in [-0.3, -0.25) is 9.69 Å². The van der Waals surface area contributed by atoms with Crippen LogP contribution in [0.3, 0.4) is 0 Å². The summed E-state index contributed by atoms with van der Waals surface area (Å²) in [7, 11) is 0. The van der Waals surface area contributed by atoms with E-state index in [1.807, 2.05) is 0 Å². The molecule has 2 heteroatoms. The molecule has 2 nitrogen and oxygen atoms in total. The van der Waals surface area contributed by atoms with Gasteiger partial charge in [-0.25, -0.2) is 0 Å². The van der Waals surface area contributed by atoms with Crippen LogP contribution in [0.4, 0.5) is 0 Å². The molecule has 2 aliphatic carbocycles. The van der Waals surface area contributed by atoms with Crippen molar-refractivity contribution in [1.29, 1.82) is 0 Å². The molecular weight excluding hydrogens is 210 g/mol. The van der Waals surface area contributed by atoms with Crippen molar-refractivity contribution < 1.29 is 4.79 Å². The molecule has 2 saturated carbocycles. The van der Waals surface area contributed by atoms with E-state index in [4.69, 9.17) is 0 Å². The standard InChI is InChI=1S/C15H27NO/c1-4-10-16(13-7-8-13)11-12-6-5-9-15(2,3)14(12)17/h12-13H,4-11H2,1-3H3. The Kier molecular flexibility index (Phi) is 3.92. The molecule has 0 amide bonds. The normalized spacial score (nSPS) is 28.7. The molecule has 98 valence electrons. The van der Waals surface area contributed by atoms with Crippen LogP contribution < -0.4 is 0 Å². The molecule has 1 unspecified atom stereocenters. The minimum atomic E-state index is -0.0651. The molecule has 0 aromatic carbocycles. The maximum absolute atomic E-state index is 12.4. The van der Waals surface area contributed by atoms with Crippen LogP contribution in [-0.4, -0.2) is 29.8 Å². The van der Waals surface area contributed by atoms with Crippen LogP contribution in [0, 0.1) is 11.3 Å². The zero-order valence-corrected chi connectivity index (χ0v) is 11.7. The number of ketones is 1. The van der Waals surface area contributed by atoms with E-state index in [0.717, 1.165) is 25.4 Å². The van der Waals surface area contributed by atoms with Crippen molar-refractivity contribution in [1.82, 2.24) is 4.90 Å². The third kappa shape index (κ3) is 3.09. The molecule has 0 aromatic heterocycles. The minimum Gasteiger partial charge on any atom is -0.300 e. The summed E-state index contributed by atoms with van der Waals surface area (Å²) in [6.45, 7) is 8.70. The first-order valence-corrected chi connectivity index (χ1v) is 7.33. The Balaban J connectivity index is 1.94. The number of hydrogen-bond donors (Lipinski definition) is 0. The van der Waals surface area contributed by atoms with E-state index in [1.54, 1.807) is 0 Å². The van der Waals surface area contributed by atoms with Crippen molar-refractivity contribution in [3.63, 3.8) is 0 Å². The summed E-state index contributed by atoms with van der Waals surface area (Å²) in [6.07, 6.45) is 7.35. The van der Waals surface area contributed by atoms with Crippen LogP contribution in [0.5, 0.6) is 0 Å². The lowest BCUT2D eigenvalue weighted by Gasteiger charge is -2.36. The molecule has 17 heavy (non-hydrogen) atoms. The van der Waals surface area contributed by atoms with Crippen molar-refractivity contribution in [3.8, 4) is 0 Å². The zero-order chi connectivity index (χ0) is 12.5. The van der Waals surface area contributed by atoms with Crippen molar-refractivity contribution in [2.45, 2.75) is 65.3 Å². The first-order chi connectivity index (χ1) is 8.04. The Morgan fingerprint density at radius 1 is 1.29 bits per heavy atom. The van der Waals surface area contributed by atoms with E-state index in [1.165, 1.54) is 32.2 Å². The summed E-state index contributed by atoms with van der Waals surface area (Å²) >= 11 is 0. The lowest BCUT2D eigenvalue weighted by Crippen LogP contribution is -2.42. The molecule has 2 aliphatic rings. The number of Topliss-reactive ketones (excluding diaryl/α,β-unsaturated/α-hetero) is 1. The fourth-order valence-electron chi connectivity index (χ4n) is 3.20. The van der Waals surface area contributed by atoms with Gasteiger partial charge < -0.3 is 0 Å². The summed E-state index contributed by atoms with van der Waals surface area (Å²) < 4.78 is 0. The molecule has 2 rings (SSSR count). The highest BCUT2D eigenvalue weighted by atomic mass is 16.1. The predicted molar refractivity (Wildman–Crippen MR) is 71.0 cm³/mol. The molecule has 0 bridgehead atoms. The number of rotatable bonds is 5. The molecule has 0 saturated heterocycles. The molecule has 0 aromatic rings. The van der Waals surface area contributed by atoms with E-state index in [2.05, 4.69) is 25.7 Å². The van der Waals surface area contributed by atoms with Gasteiger partial charge in [-0.15, -0.1) is 0 Å². The number of nitrogens with zero attached hydrogens (tertiary/aromatic N) is 1. The van der Waals surface area contributed by atoms with Gasteiger partial charge in [0.1, 0.15) is 5.78 Å². The molecule has 2 fully saturated rings. The molecule has 0 heterocycles. The minimum absolute atomic E-state index is 0.0651. The first-order valence-electron chi connectivity index (χ1n) is 7.33. The third-order valence-corrected chi connectivity index (χ3v) is 4.42. The van der Waals surface area contributed by atoms with E-state index >= 15 is 0 Å². The predicted octanol–water partition coefficient (Wildman–Crippen LogP) is 3.26. The maximum atomic E-state index is 12.4. The second-order valence-electron chi connectivity index (χ2n) is 6.56. The van der Waals surface area contributed by atoms with Gasteiger partial charge in [0.05, 0.1) is 0 Å². The Morgan fingerprint density at radius 3 is 2.59 bits per heavy atom. The highest BCUT2D eigenvalue weighted by Crippen LogP contribution is 2.37. The third-order valence-electron chi connectivity index (χ3n) is 4.42. The molecule has 0 radical (unpaired) electrons. The van der Waals surface area contributed by atoms with E-state index in [9.17, 15) is 4.79 Å². The lowest BCUT2D eigenvalue weighted by atomic mass is 9.71. The maximum Gasteiger partial charge on any atom is 0.142 e. The van der Waals surface area contributed by atoms with Crippen molar-refractivity contribution in [3.05, 3.63) is 0 Å². The average molecular weight is 237 g/mol. The van der Waals surface area contributed by atoms with Gasteiger partial charge in [0.15, 0.2) is 0 Å². The van der Waals surface area contributed by atoms with Gasteiger partial charge >= 0.3 is 0 Å². The zero-order valence-electron chi connectivity index (χ0n) is 11.7. The first kappa shape index (κ1) is 13.1. The van der Waals surface area contributed by atoms with Crippen LogP contribution in [-0.2, 0) is 4.79 Å². The molecule has 0 N–H and O–H groups in total. The topological polar surface area (TPSA) is 20.3 Å². The van der Waals surface area contributed by atoms with Crippen LogP contribution in [0.15, 0.2) is 0 Å². The van der Waals surface area contributed by atoms with Gasteiger partial charge in [0.25, 0.3) is 0 Å². The van der Waals surface area contributed by atoms with E-state index in [-0.39, 0.29) is 5.41 Å². The Bertz CT molecular complexity index is 281. The van der Waals surface area contributed by atoms with Crippen molar-refractivity contribution in [2.24, 2.45) is 11.3 Å². The van der Waals surface area contributed by atoms with Crippen molar-refractivity contribution in [2.75, 3.05) is 13.1 Å². The molecular formula is C15H27NO. The summed E-state index contributed by atoms with van der Waals surface area (Å²) in [5.74, 6) is 0.830. The lowest BCUT2D eigenvalue weighted by molar-refractivity contribution is -0.135. The van der Waals surface area contributed by atoms with Crippen LogP contribution in [0.2, 0.25) is 0 Å². The fourth-order valence-corrected chi connectivity index (χ4v) is 3.20. The van der Waals surface area contributed by atoms with Gasteiger partial charge in [0.2, 0.25) is 0 Å². The van der Waals surface area contributed by atoms with Crippen LogP contribution in [0.1, 0.15) is 59.3 Å². The number of carbonyl (C=O) groups excluding carboxylic acids is 1. The molecule has 0 spiro atoms. The quantitative estimate of drug-likeness (QED) is 0.731. The van der Waals surface area contributed by atoms with Gasteiger partial charge in [-0.2, -0.15) is 0 Å². The summed E-state index contributed by atoms with van der Waals surface area (Å²) in [5.41, 5.74) is -0.0651. The highest BCUT2D eigenvalue weighted by molar-refractivity contribution is 5.87. The SMILES string of the molecule is CCCN(CC1CCCC(C)(C)C1=O)C1CC1. The second-order valence-corrected chi connectivity index (χ2v) is 6.56. The Labute approximate surface area is 106 Å². The van der Waals surface area contributed by atoms with Crippen LogP contribution >= 0.6 is 0 Å². The molecule has 1 atom stereocenters. The number of carbonyl (C=O) groups is 1. The fraction of sp³-hybridized carbons (Fsp3) is 0.933. The van der Waals surface area contributed by atoms with Gasteiger partial charge in [0, 0.05) is 23.9 Å². The smallest absolute Gasteiger partial charge is 0.142 e. The van der Waals surface area contributed by atoms with E-state index < -0.39 is 0 Å².